The molecule has 140 valence electrons. The molecule has 0 amide bonds. The fourth-order valence-corrected chi connectivity index (χ4v) is 3.61. The van der Waals surface area contributed by atoms with E-state index in [-0.39, 0.29) is 6.61 Å². The topological polar surface area (TPSA) is 33.0 Å². The molecule has 0 heterocycles. The number of rotatable bonds is 5. The zero-order valence-electron chi connectivity index (χ0n) is 14.4. The van der Waals surface area contributed by atoms with Crippen LogP contribution in [-0.4, -0.2) is 0 Å². The second-order valence-electron chi connectivity index (χ2n) is 5.87. The summed E-state index contributed by atoms with van der Waals surface area (Å²) in [5.41, 5.74) is 2.61. The van der Waals surface area contributed by atoms with Gasteiger partial charge in [0, 0.05) is 26.2 Å². The first kappa shape index (κ1) is 20.6. The molecule has 0 atom stereocenters. The molecule has 3 rings (SSSR count). The van der Waals surface area contributed by atoms with Crippen molar-refractivity contribution < 1.29 is 4.74 Å². The van der Waals surface area contributed by atoms with Crippen LogP contribution in [0.1, 0.15) is 16.7 Å². The number of ether oxygens (including phenoxy) is 1. The number of benzene rings is 3. The van der Waals surface area contributed by atoms with E-state index in [9.17, 15) is 5.26 Å². The molecule has 0 saturated carbocycles. The standard InChI is InChI=1S/C22H13Cl4NO/c23-18-7-6-15(20(25)10-18)13-28-22-16(9-19(24)11-21(22)26)8-17(12-27)14-4-2-1-3-5-14/h1-11H,13H2/b17-8+. The Hall–Kier alpha value is -2.15. The number of hydrogen-bond acceptors (Lipinski definition) is 2. The molecule has 0 N–H and O–H groups in total. The molecule has 0 saturated heterocycles. The molecule has 0 radical (unpaired) electrons. The van der Waals surface area contributed by atoms with Crippen molar-refractivity contribution in [2.45, 2.75) is 6.61 Å². The van der Waals surface area contributed by atoms with Gasteiger partial charge in [-0.05, 0) is 35.9 Å². The van der Waals surface area contributed by atoms with Crippen LogP contribution in [0.15, 0.2) is 60.7 Å². The lowest BCUT2D eigenvalue weighted by molar-refractivity contribution is 0.306. The van der Waals surface area contributed by atoms with E-state index in [1.165, 1.54) is 0 Å². The predicted octanol–water partition coefficient (Wildman–Crippen LogP) is 7.94. The summed E-state index contributed by atoms with van der Waals surface area (Å²) >= 11 is 24.7. The highest BCUT2D eigenvalue weighted by Gasteiger charge is 2.13. The van der Waals surface area contributed by atoms with Gasteiger partial charge in [0.1, 0.15) is 12.4 Å². The summed E-state index contributed by atoms with van der Waals surface area (Å²) < 4.78 is 5.94. The Morgan fingerprint density at radius 3 is 2.29 bits per heavy atom. The van der Waals surface area contributed by atoms with Gasteiger partial charge in [0.2, 0.25) is 0 Å². The lowest BCUT2D eigenvalue weighted by Crippen LogP contribution is -1.99. The molecule has 2 nitrogen and oxygen atoms in total. The first-order valence-corrected chi connectivity index (χ1v) is 9.72. The van der Waals surface area contributed by atoms with Crippen molar-refractivity contribution in [2.24, 2.45) is 0 Å². The van der Waals surface area contributed by atoms with E-state index in [2.05, 4.69) is 6.07 Å². The lowest BCUT2D eigenvalue weighted by atomic mass is 10.0. The van der Waals surface area contributed by atoms with Crippen LogP contribution in [0.2, 0.25) is 20.1 Å². The summed E-state index contributed by atoms with van der Waals surface area (Å²) in [7, 11) is 0. The second-order valence-corrected chi connectivity index (χ2v) is 7.55. The average Bonchev–Trinajstić information content (AvgIpc) is 2.67. The molecular formula is C22H13Cl4NO. The smallest absolute Gasteiger partial charge is 0.145 e. The van der Waals surface area contributed by atoms with Crippen LogP contribution in [0.5, 0.6) is 5.75 Å². The molecule has 6 heteroatoms. The van der Waals surface area contributed by atoms with Gasteiger partial charge in [-0.1, -0.05) is 82.8 Å². The first-order valence-electron chi connectivity index (χ1n) is 8.21. The summed E-state index contributed by atoms with van der Waals surface area (Å²) in [6.45, 7) is 0.186. The quantitative estimate of drug-likeness (QED) is 0.293. The number of allylic oxidation sites excluding steroid dienone is 1. The largest absolute Gasteiger partial charge is 0.487 e. The average molecular weight is 449 g/mol. The second kappa shape index (κ2) is 9.37. The Morgan fingerprint density at radius 1 is 0.893 bits per heavy atom. The van der Waals surface area contributed by atoms with Gasteiger partial charge in [-0.2, -0.15) is 5.26 Å². The molecule has 3 aromatic rings. The molecular weight excluding hydrogens is 436 g/mol. The minimum atomic E-state index is 0.186. The van der Waals surface area contributed by atoms with Crippen LogP contribution < -0.4 is 4.74 Å². The third-order valence-electron chi connectivity index (χ3n) is 3.93. The Morgan fingerprint density at radius 2 is 1.61 bits per heavy atom. The van der Waals surface area contributed by atoms with Crippen LogP contribution in [0.3, 0.4) is 0 Å². The highest BCUT2D eigenvalue weighted by Crippen LogP contribution is 2.36. The van der Waals surface area contributed by atoms with Crippen molar-refractivity contribution in [3.8, 4) is 11.8 Å². The fraction of sp³-hybridized carbons (Fsp3) is 0.0455. The van der Waals surface area contributed by atoms with Crippen LogP contribution >= 0.6 is 46.4 Å². The molecule has 0 bridgehead atoms. The Labute approximate surface area is 183 Å². The number of nitrogens with zero attached hydrogens (tertiary/aromatic N) is 1. The molecule has 0 unspecified atom stereocenters. The van der Waals surface area contributed by atoms with Gasteiger partial charge in [-0.25, -0.2) is 0 Å². The highest BCUT2D eigenvalue weighted by molar-refractivity contribution is 6.36. The highest BCUT2D eigenvalue weighted by atomic mass is 35.5. The van der Waals surface area contributed by atoms with E-state index in [4.69, 9.17) is 51.1 Å². The maximum atomic E-state index is 9.59. The summed E-state index contributed by atoms with van der Waals surface area (Å²) in [5.74, 6) is 0.417. The number of nitriles is 1. The zero-order valence-corrected chi connectivity index (χ0v) is 17.4. The van der Waals surface area contributed by atoms with E-state index >= 15 is 0 Å². The summed E-state index contributed by atoms with van der Waals surface area (Å²) in [4.78, 5) is 0. The monoisotopic (exact) mass is 447 g/mol. The van der Waals surface area contributed by atoms with Crippen LogP contribution in [0, 0.1) is 11.3 Å². The minimum Gasteiger partial charge on any atom is -0.487 e. The van der Waals surface area contributed by atoms with Crippen molar-refractivity contribution >= 4 is 58.1 Å². The van der Waals surface area contributed by atoms with E-state index < -0.39 is 0 Å². The van der Waals surface area contributed by atoms with Crippen molar-refractivity contribution in [2.75, 3.05) is 0 Å². The first-order chi connectivity index (χ1) is 13.5. The van der Waals surface area contributed by atoms with Crippen molar-refractivity contribution in [3.05, 3.63) is 97.4 Å². The van der Waals surface area contributed by atoms with E-state index in [0.29, 0.717) is 37.0 Å². The zero-order chi connectivity index (χ0) is 20.1. The molecule has 28 heavy (non-hydrogen) atoms. The third-order valence-corrected chi connectivity index (χ3v) is 5.02. The van der Waals surface area contributed by atoms with Crippen molar-refractivity contribution in [1.82, 2.24) is 0 Å². The number of hydrogen-bond donors (Lipinski definition) is 0. The Balaban J connectivity index is 1.98. The minimum absolute atomic E-state index is 0.186. The van der Waals surface area contributed by atoms with Gasteiger partial charge in [-0.15, -0.1) is 0 Å². The molecule has 0 aliphatic heterocycles. The van der Waals surface area contributed by atoms with Crippen molar-refractivity contribution in [1.29, 1.82) is 5.26 Å². The molecule has 0 aromatic heterocycles. The molecule has 0 aliphatic carbocycles. The summed E-state index contributed by atoms with van der Waals surface area (Å²) in [6, 6.07) is 20.0. The van der Waals surface area contributed by atoms with E-state index in [0.717, 1.165) is 11.1 Å². The lowest BCUT2D eigenvalue weighted by Gasteiger charge is -2.13. The third kappa shape index (κ3) is 5.01. The normalized spacial score (nSPS) is 11.2. The van der Waals surface area contributed by atoms with Gasteiger partial charge in [-0.3, -0.25) is 0 Å². The maximum Gasteiger partial charge on any atom is 0.145 e. The van der Waals surface area contributed by atoms with Crippen LogP contribution in [0.4, 0.5) is 0 Å². The summed E-state index contributed by atoms with van der Waals surface area (Å²) in [6.07, 6.45) is 1.70. The molecule has 0 fully saturated rings. The van der Waals surface area contributed by atoms with E-state index in [1.807, 2.05) is 30.3 Å². The van der Waals surface area contributed by atoms with Crippen molar-refractivity contribution in [3.63, 3.8) is 0 Å². The van der Waals surface area contributed by atoms with Gasteiger partial charge in [0.15, 0.2) is 0 Å². The van der Waals surface area contributed by atoms with Crippen LogP contribution in [0.25, 0.3) is 11.6 Å². The molecule has 3 aromatic carbocycles. The van der Waals surface area contributed by atoms with Crippen LogP contribution in [-0.2, 0) is 6.61 Å². The maximum absolute atomic E-state index is 9.59. The SMILES string of the molecule is N#C/C(=C\c1cc(Cl)cc(Cl)c1OCc1ccc(Cl)cc1Cl)c1ccccc1. The van der Waals surface area contributed by atoms with Gasteiger partial charge >= 0.3 is 0 Å². The van der Waals surface area contributed by atoms with Gasteiger partial charge < -0.3 is 4.74 Å². The van der Waals surface area contributed by atoms with Gasteiger partial charge in [0.25, 0.3) is 0 Å². The number of halogens is 4. The van der Waals surface area contributed by atoms with E-state index in [1.54, 1.807) is 36.4 Å². The predicted molar refractivity (Wildman–Crippen MR) is 117 cm³/mol. The Kier molecular flexibility index (Phi) is 6.88. The van der Waals surface area contributed by atoms with Gasteiger partial charge in [0.05, 0.1) is 16.7 Å². The molecule has 0 aliphatic rings. The Bertz CT molecular complexity index is 1070. The fourth-order valence-electron chi connectivity index (χ4n) is 2.58. The molecule has 0 spiro atoms. The summed E-state index contributed by atoms with van der Waals surface area (Å²) in [5, 5.41) is 11.4.